The van der Waals surface area contributed by atoms with Crippen LogP contribution < -0.4 is 11.1 Å². The average molecular weight is 256 g/mol. The molecule has 0 aromatic heterocycles. The van der Waals surface area contributed by atoms with Crippen molar-refractivity contribution in [3.8, 4) is 0 Å². The second-order valence-electron chi connectivity index (χ2n) is 4.41. The number of benzene rings is 2. The molecule has 2 rings (SSSR count). The lowest BCUT2D eigenvalue weighted by atomic mass is 10.1. The highest BCUT2D eigenvalue weighted by molar-refractivity contribution is 5.97. The number of nitrogens with one attached hydrogen (secondary N) is 1. The monoisotopic (exact) mass is 256 g/mol. The third-order valence-electron chi connectivity index (χ3n) is 2.94. The summed E-state index contributed by atoms with van der Waals surface area (Å²) in [5.41, 5.74) is 9.17. The fourth-order valence-corrected chi connectivity index (χ4v) is 1.81. The van der Waals surface area contributed by atoms with Gasteiger partial charge in [0.15, 0.2) is 0 Å². The normalized spacial score (nSPS) is 10.2. The lowest BCUT2D eigenvalue weighted by molar-refractivity contribution is 0.0698. The molecule has 4 N–H and O–H groups in total. The van der Waals surface area contributed by atoms with Gasteiger partial charge in [0.1, 0.15) is 0 Å². The zero-order valence-corrected chi connectivity index (χ0v) is 10.7. The molecule has 0 spiro atoms. The average Bonchev–Trinajstić information content (AvgIpc) is 2.39. The smallest absolute Gasteiger partial charge is 0.337 e. The summed E-state index contributed by atoms with van der Waals surface area (Å²) >= 11 is 0. The van der Waals surface area contributed by atoms with Gasteiger partial charge in [-0.15, -0.1) is 0 Å². The second-order valence-corrected chi connectivity index (χ2v) is 4.41. The van der Waals surface area contributed by atoms with Gasteiger partial charge in [0.2, 0.25) is 0 Å². The van der Waals surface area contributed by atoms with Crippen molar-refractivity contribution in [3.05, 3.63) is 59.2 Å². The number of hydrogen-bond donors (Lipinski definition) is 3. The van der Waals surface area contributed by atoms with Crippen LogP contribution in [-0.4, -0.2) is 11.1 Å². The van der Waals surface area contributed by atoms with Crippen LogP contribution in [0, 0.1) is 6.92 Å². The Morgan fingerprint density at radius 3 is 2.53 bits per heavy atom. The van der Waals surface area contributed by atoms with Crippen LogP contribution in [0.1, 0.15) is 21.5 Å². The van der Waals surface area contributed by atoms with E-state index >= 15 is 0 Å². The Balaban J connectivity index is 2.13. The van der Waals surface area contributed by atoms with E-state index in [1.807, 2.05) is 31.2 Å². The first-order chi connectivity index (χ1) is 9.08. The number of carbonyl (C=O) groups is 1. The number of carboxylic acids is 1. The molecular weight excluding hydrogens is 240 g/mol. The molecule has 4 heteroatoms. The first-order valence-electron chi connectivity index (χ1n) is 5.99. The van der Waals surface area contributed by atoms with E-state index in [0.717, 1.165) is 5.56 Å². The molecule has 0 aliphatic rings. The SMILES string of the molecule is Cc1ccc(CNc2cccc(C(=O)O)c2N)cc1. The highest BCUT2D eigenvalue weighted by Gasteiger charge is 2.10. The molecule has 0 atom stereocenters. The Kier molecular flexibility index (Phi) is 3.71. The Hall–Kier alpha value is -2.49. The van der Waals surface area contributed by atoms with Gasteiger partial charge in [-0.3, -0.25) is 0 Å². The predicted octanol–water partition coefficient (Wildman–Crippen LogP) is 2.89. The van der Waals surface area contributed by atoms with Crippen molar-refractivity contribution in [1.82, 2.24) is 0 Å². The van der Waals surface area contributed by atoms with Crippen molar-refractivity contribution in [2.24, 2.45) is 0 Å². The molecule has 98 valence electrons. The summed E-state index contributed by atoms with van der Waals surface area (Å²) in [5.74, 6) is -1.02. The number of para-hydroxylation sites is 1. The van der Waals surface area contributed by atoms with Crippen LogP contribution in [0.2, 0.25) is 0 Å². The minimum absolute atomic E-state index is 0.119. The molecule has 0 aliphatic carbocycles. The van der Waals surface area contributed by atoms with E-state index in [1.165, 1.54) is 11.6 Å². The van der Waals surface area contributed by atoms with E-state index in [0.29, 0.717) is 12.2 Å². The van der Waals surface area contributed by atoms with Crippen molar-refractivity contribution >= 4 is 17.3 Å². The summed E-state index contributed by atoms with van der Waals surface area (Å²) in [5, 5.41) is 12.2. The fourth-order valence-electron chi connectivity index (χ4n) is 1.81. The van der Waals surface area contributed by atoms with Crippen molar-refractivity contribution in [2.45, 2.75) is 13.5 Å². The summed E-state index contributed by atoms with van der Waals surface area (Å²) in [7, 11) is 0. The van der Waals surface area contributed by atoms with Crippen molar-refractivity contribution in [3.63, 3.8) is 0 Å². The summed E-state index contributed by atoms with van der Waals surface area (Å²) in [6.45, 7) is 2.64. The van der Waals surface area contributed by atoms with Crippen LogP contribution in [0.5, 0.6) is 0 Å². The lowest BCUT2D eigenvalue weighted by Crippen LogP contribution is -2.07. The van der Waals surface area contributed by atoms with Crippen LogP contribution in [0.4, 0.5) is 11.4 Å². The van der Waals surface area contributed by atoms with Crippen molar-refractivity contribution in [2.75, 3.05) is 11.1 Å². The van der Waals surface area contributed by atoms with E-state index in [2.05, 4.69) is 5.32 Å². The van der Waals surface area contributed by atoms with E-state index in [4.69, 9.17) is 10.8 Å². The van der Waals surface area contributed by atoms with Crippen LogP contribution >= 0.6 is 0 Å². The van der Waals surface area contributed by atoms with Gasteiger partial charge in [0.25, 0.3) is 0 Å². The summed E-state index contributed by atoms with van der Waals surface area (Å²) in [6.07, 6.45) is 0. The summed E-state index contributed by atoms with van der Waals surface area (Å²) in [6, 6.07) is 13.1. The lowest BCUT2D eigenvalue weighted by Gasteiger charge is -2.11. The van der Waals surface area contributed by atoms with Gasteiger partial charge < -0.3 is 16.2 Å². The Bertz CT molecular complexity index is 592. The van der Waals surface area contributed by atoms with Gasteiger partial charge in [-0.05, 0) is 24.6 Å². The maximum atomic E-state index is 11.0. The molecule has 2 aromatic rings. The molecule has 0 saturated carbocycles. The third-order valence-corrected chi connectivity index (χ3v) is 2.94. The predicted molar refractivity (Wildman–Crippen MR) is 76.3 cm³/mol. The van der Waals surface area contributed by atoms with Crippen molar-refractivity contribution in [1.29, 1.82) is 0 Å². The van der Waals surface area contributed by atoms with E-state index in [9.17, 15) is 4.79 Å². The topological polar surface area (TPSA) is 75.3 Å². The van der Waals surface area contributed by atoms with Gasteiger partial charge >= 0.3 is 5.97 Å². The number of aromatic carboxylic acids is 1. The number of carboxylic acid groups (broad SMARTS) is 1. The molecular formula is C15H16N2O2. The van der Waals surface area contributed by atoms with Crippen LogP contribution in [0.15, 0.2) is 42.5 Å². The van der Waals surface area contributed by atoms with E-state index < -0.39 is 5.97 Å². The Morgan fingerprint density at radius 2 is 1.89 bits per heavy atom. The maximum absolute atomic E-state index is 11.0. The highest BCUT2D eigenvalue weighted by Crippen LogP contribution is 2.23. The fraction of sp³-hybridized carbons (Fsp3) is 0.133. The first kappa shape index (κ1) is 13.0. The number of rotatable bonds is 4. The van der Waals surface area contributed by atoms with Gasteiger partial charge in [-0.2, -0.15) is 0 Å². The molecule has 0 aliphatic heterocycles. The number of aryl methyl sites for hydroxylation is 1. The zero-order chi connectivity index (χ0) is 13.8. The molecule has 0 fully saturated rings. The standard InChI is InChI=1S/C15H16N2O2/c1-10-5-7-11(8-6-10)9-17-13-4-2-3-12(14(13)16)15(18)19/h2-8,17H,9,16H2,1H3,(H,18,19). The molecule has 0 heterocycles. The third kappa shape index (κ3) is 3.04. The summed E-state index contributed by atoms with van der Waals surface area (Å²) in [4.78, 5) is 11.0. The molecule has 0 saturated heterocycles. The molecule has 2 aromatic carbocycles. The molecule has 0 radical (unpaired) electrons. The Labute approximate surface area is 111 Å². The van der Waals surface area contributed by atoms with Gasteiger partial charge in [-0.25, -0.2) is 4.79 Å². The largest absolute Gasteiger partial charge is 0.478 e. The van der Waals surface area contributed by atoms with Gasteiger partial charge in [0, 0.05) is 6.54 Å². The second kappa shape index (κ2) is 5.44. The number of anilines is 2. The number of hydrogen-bond acceptors (Lipinski definition) is 3. The van der Waals surface area contributed by atoms with E-state index in [-0.39, 0.29) is 11.3 Å². The molecule has 0 unspecified atom stereocenters. The minimum atomic E-state index is -1.02. The first-order valence-corrected chi connectivity index (χ1v) is 5.99. The quantitative estimate of drug-likeness (QED) is 0.735. The van der Waals surface area contributed by atoms with Gasteiger partial charge in [0.05, 0.1) is 16.9 Å². The molecule has 0 amide bonds. The number of nitrogen functional groups attached to an aromatic ring is 1. The summed E-state index contributed by atoms with van der Waals surface area (Å²) < 4.78 is 0. The minimum Gasteiger partial charge on any atom is -0.478 e. The Morgan fingerprint density at radius 1 is 1.21 bits per heavy atom. The maximum Gasteiger partial charge on any atom is 0.337 e. The highest BCUT2D eigenvalue weighted by atomic mass is 16.4. The zero-order valence-electron chi connectivity index (χ0n) is 10.7. The van der Waals surface area contributed by atoms with Crippen LogP contribution in [0.25, 0.3) is 0 Å². The van der Waals surface area contributed by atoms with Crippen LogP contribution in [0.3, 0.4) is 0 Å². The van der Waals surface area contributed by atoms with Crippen molar-refractivity contribution < 1.29 is 9.90 Å². The van der Waals surface area contributed by atoms with Gasteiger partial charge in [-0.1, -0.05) is 35.9 Å². The van der Waals surface area contributed by atoms with Crippen LogP contribution in [-0.2, 0) is 6.54 Å². The molecule has 0 bridgehead atoms. The molecule has 19 heavy (non-hydrogen) atoms. The van der Waals surface area contributed by atoms with E-state index in [1.54, 1.807) is 12.1 Å². The molecule has 4 nitrogen and oxygen atoms in total. The number of nitrogens with two attached hydrogens (primary N) is 1.